The lowest BCUT2D eigenvalue weighted by Crippen LogP contribution is -2.35. The summed E-state index contributed by atoms with van der Waals surface area (Å²) in [6, 6.07) is 12.9. The Morgan fingerprint density at radius 3 is 2.97 bits per heavy atom. The Balaban J connectivity index is 1.38. The zero-order valence-electron chi connectivity index (χ0n) is 16.1. The Morgan fingerprint density at radius 2 is 2.14 bits per heavy atom. The van der Waals surface area contributed by atoms with Crippen molar-refractivity contribution in [3.63, 3.8) is 0 Å². The second-order valence-corrected chi connectivity index (χ2v) is 10.5. The molecule has 0 radical (unpaired) electrons. The number of hydrogen-bond acceptors (Lipinski definition) is 7. The molecule has 8 heteroatoms. The minimum absolute atomic E-state index is 0.827. The van der Waals surface area contributed by atoms with Crippen molar-refractivity contribution >= 4 is 51.2 Å². The molecule has 0 saturated carbocycles. The van der Waals surface area contributed by atoms with Gasteiger partial charge in [-0.3, -0.25) is 4.90 Å². The van der Waals surface area contributed by atoms with Gasteiger partial charge in [0.2, 0.25) is 0 Å². The van der Waals surface area contributed by atoms with Gasteiger partial charge < -0.3 is 14.0 Å². The van der Waals surface area contributed by atoms with Gasteiger partial charge >= 0.3 is 0 Å². The Kier molecular flexibility index (Phi) is 5.61. The molecule has 1 N–H and O–H groups in total. The number of thiophene rings is 1. The number of ether oxygens (including phenoxy) is 1. The molecule has 1 aliphatic rings. The first-order valence-corrected chi connectivity index (χ1v) is 12.1. The highest BCUT2D eigenvalue weighted by Gasteiger charge is 2.16. The minimum Gasteiger partial charge on any atom is -0.379 e. The van der Waals surface area contributed by atoms with E-state index in [0.29, 0.717) is 0 Å². The molecule has 0 spiro atoms. The third-order valence-corrected chi connectivity index (χ3v) is 7.94. The number of benzene rings is 1. The van der Waals surface area contributed by atoms with Crippen LogP contribution in [-0.2, 0) is 11.3 Å². The molecule has 0 bridgehead atoms. The SMILES string of the molecule is CN(Sc1cccs1)c1cccc2cc(-c3ncc(CN4CCOCC4)s3)[nH]c12. The maximum Gasteiger partial charge on any atom is 0.139 e. The lowest BCUT2D eigenvalue weighted by Gasteiger charge is -2.25. The van der Waals surface area contributed by atoms with E-state index in [9.17, 15) is 0 Å². The van der Waals surface area contributed by atoms with Crippen LogP contribution in [0.3, 0.4) is 0 Å². The Bertz CT molecular complexity index is 1080. The highest BCUT2D eigenvalue weighted by molar-refractivity contribution is 8.02. The summed E-state index contributed by atoms with van der Waals surface area (Å²) < 4.78 is 8.95. The van der Waals surface area contributed by atoms with Crippen molar-refractivity contribution in [2.75, 3.05) is 37.7 Å². The van der Waals surface area contributed by atoms with Gasteiger partial charge in [-0.15, -0.1) is 22.7 Å². The Labute approximate surface area is 182 Å². The largest absolute Gasteiger partial charge is 0.379 e. The maximum atomic E-state index is 5.44. The van der Waals surface area contributed by atoms with Crippen LogP contribution in [0.5, 0.6) is 0 Å². The molecule has 4 aromatic rings. The van der Waals surface area contributed by atoms with Crippen molar-refractivity contribution in [3.8, 4) is 10.7 Å². The zero-order chi connectivity index (χ0) is 19.6. The molecule has 0 unspecified atom stereocenters. The fourth-order valence-corrected chi connectivity index (χ4v) is 6.21. The predicted octanol–water partition coefficient (Wildman–Crippen LogP) is 5.33. The van der Waals surface area contributed by atoms with Crippen LogP contribution in [0.15, 0.2) is 52.2 Å². The number of hydrogen-bond donors (Lipinski definition) is 1. The van der Waals surface area contributed by atoms with E-state index in [2.05, 4.69) is 63.0 Å². The van der Waals surface area contributed by atoms with E-state index in [-0.39, 0.29) is 0 Å². The van der Waals surface area contributed by atoms with Crippen LogP contribution in [-0.4, -0.2) is 48.2 Å². The third-order valence-electron chi connectivity index (χ3n) is 4.96. The monoisotopic (exact) mass is 442 g/mol. The fraction of sp³-hybridized carbons (Fsp3) is 0.286. The van der Waals surface area contributed by atoms with E-state index < -0.39 is 0 Å². The van der Waals surface area contributed by atoms with Gasteiger partial charge in [0.1, 0.15) is 5.01 Å². The molecule has 0 atom stereocenters. The molecule has 29 heavy (non-hydrogen) atoms. The number of nitrogens with one attached hydrogen (secondary N) is 1. The zero-order valence-corrected chi connectivity index (χ0v) is 18.6. The van der Waals surface area contributed by atoms with Crippen molar-refractivity contribution < 1.29 is 4.74 Å². The summed E-state index contributed by atoms with van der Waals surface area (Å²) in [6.45, 7) is 4.60. The highest BCUT2D eigenvalue weighted by atomic mass is 32.2. The number of rotatable bonds is 6. The summed E-state index contributed by atoms with van der Waals surface area (Å²) in [5.41, 5.74) is 3.41. The lowest BCUT2D eigenvalue weighted by molar-refractivity contribution is 0.0346. The van der Waals surface area contributed by atoms with Crippen molar-refractivity contribution in [2.45, 2.75) is 10.8 Å². The summed E-state index contributed by atoms with van der Waals surface area (Å²) in [7, 11) is 2.11. The number of H-pyrrole nitrogens is 1. The Morgan fingerprint density at radius 1 is 1.24 bits per heavy atom. The van der Waals surface area contributed by atoms with Crippen LogP contribution in [0.4, 0.5) is 5.69 Å². The fourth-order valence-electron chi connectivity index (χ4n) is 3.50. The van der Waals surface area contributed by atoms with Crippen LogP contribution in [0.25, 0.3) is 21.6 Å². The van der Waals surface area contributed by atoms with Gasteiger partial charge in [0.15, 0.2) is 0 Å². The molecule has 5 nitrogen and oxygen atoms in total. The molecule has 0 amide bonds. The van der Waals surface area contributed by atoms with Gasteiger partial charge in [0.05, 0.1) is 34.3 Å². The summed E-state index contributed by atoms with van der Waals surface area (Å²) in [4.78, 5) is 12.0. The van der Waals surface area contributed by atoms with Gasteiger partial charge in [-0.2, -0.15) is 0 Å². The summed E-state index contributed by atoms with van der Waals surface area (Å²) >= 11 is 5.28. The second-order valence-electron chi connectivity index (χ2n) is 6.97. The second kappa shape index (κ2) is 8.49. The third kappa shape index (κ3) is 4.22. The molecule has 1 fully saturated rings. The molecule has 1 saturated heterocycles. The standard InChI is InChI=1S/C21H22N4OS3/c1-24(29-19-6-3-11-27-19)18-5-2-4-15-12-17(23-20(15)18)21-22-13-16(28-21)14-25-7-9-26-10-8-25/h2-6,11-13,23H,7-10,14H2,1H3. The highest BCUT2D eigenvalue weighted by Crippen LogP contribution is 2.36. The molecule has 150 valence electrons. The smallest absolute Gasteiger partial charge is 0.139 e. The van der Waals surface area contributed by atoms with Gasteiger partial charge in [-0.1, -0.05) is 18.2 Å². The van der Waals surface area contributed by atoms with Crippen LogP contribution >= 0.6 is 34.6 Å². The van der Waals surface area contributed by atoms with Crippen molar-refractivity contribution in [3.05, 3.63) is 52.9 Å². The molecular formula is C21H22N4OS3. The number of nitrogens with zero attached hydrogens (tertiary/aromatic N) is 3. The average Bonchev–Trinajstić information content (AvgIpc) is 3.48. The lowest BCUT2D eigenvalue weighted by atomic mass is 10.2. The molecule has 3 aromatic heterocycles. The molecule has 1 aromatic carbocycles. The van der Waals surface area contributed by atoms with Gasteiger partial charge in [-0.25, -0.2) is 4.98 Å². The van der Waals surface area contributed by atoms with E-state index in [1.54, 1.807) is 34.6 Å². The van der Waals surface area contributed by atoms with Gasteiger partial charge in [-0.05, 0) is 35.5 Å². The van der Waals surface area contributed by atoms with Gasteiger partial charge in [0.25, 0.3) is 0 Å². The van der Waals surface area contributed by atoms with Crippen molar-refractivity contribution in [1.29, 1.82) is 0 Å². The van der Waals surface area contributed by atoms with Crippen molar-refractivity contribution in [1.82, 2.24) is 14.9 Å². The van der Waals surface area contributed by atoms with E-state index in [1.165, 1.54) is 20.2 Å². The van der Waals surface area contributed by atoms with Crippen molar-refractivity contribution in [2.24, 2.45) is 0 Å². The number of aromatic nitrogens is 2. The van der Waals surface area contributed by atoms with Crippen LogP contribution in [0.1, 0.15) is 4.88 Å². The quantitative estimate of drug-likeness (QED) is 0.409. The normalized spacial score (nSPS) is 15.2. The molecule has 1 aliphatic heterocycles. The molecule has 4 heterocycles. The maximum absolute atomic E-state index is 5.44. The number of anilines is 1. The first-order valence-electron chi connectivity index (χ1n) is 9.58. The molecule has 5 rings (SSSR count). The Hall–Kier alpha value is -1.84. The summed E-state index contributed by atoms with van der Waals surface area (Å²) in [5.74, 6) is 0. The number of morpholine rings is 1. The minimum atomic E-state index is 0.827. The first kappa shape index (κ1) is 19.1. The first-order chi connectivity index (χ1) is 14.3. The van der Waals surface area contributed by atoms with E-state index in [1.807, 2.05) is 6.20 Å². The topological polar surface area (TPSA) is 44.4 Å². The van der Waals surface area contributed by atoms with E-state index in [4.69, 9.17) is 9.72 Å². The number of aromatic amines is 1. The average molecular weight is 443 g/mol. The number of para-hydroxylation sites is 1. The van der Waals surface area contributed by atoms with Gasteiger partial charge in [0, 0.05) is 43.1 Å². The van der Waals surface area contributed by atoms with E-state index in [0.717, 1.165) is 49.1 Å². The number of fused-ring (bicyclic) bond motifs is 1. The van der Waals surface area contributed by atoms with E-state index >= 15 is 0 Å². The molecular weight excluding hydrogens is 420 g/mol. The molecule has 0 aliphatic carbocycles. The van der Waals surface area contributed by atoms with Crippen LogP contribution < -0.4 is 4.31 Å². The summed E-state index contributed by atoms with van der Waals surface area (Å²) in [5, 5.41) is 4.37. The number of thiazole rings is 1. The van der Waals surface area contributed by atoms with Crippen LogP contribution in [0.2, 0.25) is 0 Å². The predicted molar refractivity (Wildman–Crippen MR) is 124 cm³/mol. The van der Waals surface area contributed by atoms with Crippen LogP contribution in [0, 0.1) is 0 Å². The summed E-state index contributed by atoms with van der Waals surface area (Å²) in [6.07, 6.45) is 2.01.